The highest BCUT2D eigenvalue weighted by Gasteiger charge is 1.84. The third-order valence-electron chi connectivity index (χ3n) is 1.22. The Morgan fingerprint density at radius 2 is 2.00 bits per heavy atom. The van der Waals surface area contributed by atoms with E-state index in [2.05, 4.69) is 13.2 Å². The summed E-state index contributed by atoms with van der Waals surface area (Å²) < 4.78 is 4.80. The largest absolute Gasteiger partial charge is 0.423 e. The van der Waals surface area contributed by atoms with Gasteiger partial charge >= 0.3 is 5.63 Å². The van der Waals surface area contributed by atoms with Gasteiger partial charge in [-0.1, -0.05) is 33.1 Å². The smallest absolute Gasteiger partial charge is 0.336 e. The van der Waals surface area contributed by atoms with Gasteiger partial charge in [0.25, 0.3) is 0 Å². The number of hydrogen-bond donors (Lipinski definition) is 0. The summed E-state index contributed by atoms with van der Waals surface area (Å²) >= 11 is 0. The lowest BCUT2D eigenvalue weighted by atomic mass is 10.4. The van der Waals surface area contributed by atoms with Crippen LogP contribution in [0.15, 0.2) is 34.0 Å². The number of hydrogen-bond acceptors (Lipinski definition) is 2. The van der Waals surface area contributed by atoms with E-state index >= 15 is 0 Å². The fourth-order valence-electron chi connectivity index (χ4n) is 0.707. The van der Waals surface area contributed by atoms with Crippen LogP contribution in [0.5, 0.6) is 0 Å². The van der Waals surface area contributed by atoms with E-state index in [-0.39, 0.29) is 5.63 Å². The van der Waals surface area contributed by atoms with E-state index in [1.165, 1.54) is 6.07 Å². The molecular weight excluding hydrogens is 164 g/mol. The average Bonchev–Trinajstić information content (AvgIpc) is 2.15. The molecule has 1 aromatic rings. The van der Waals surface area contributed by atoms with Crippen molar-refractivity contribution in [2.75, 3.05) is 0 Å². The molecule has 1 heterocycles. The third kappa shape index (κ3) is 3.56. The molecule has 0 atom stereocenters. The summed E-state index contributed by atoms with van der Waals surface area (Å²) in [5, 5.41) is 0.685. The molecule has 1 aromatic heterocycles. The molecule has 1 rings (SSSR count). The molecule has 0 aliphatic heterocycles. The van der Waals surface area contributed by atoms with Gasteiger partial charge in [0, 0.05) is 11.3 Å². The fourth-order valence-corrected chi connectivity index (χ4v) is 0.707. The van der Waals surface area contributed by atoms with E-state index < -0.39 is 0 Å². The average molecular weight is 178 g/mol. The van der Waals surface area contributed by atoms with Gasteiger partial charge in [-0.25, -0.2) is 4.79 Å². The van der Waals surface area contributed by atoms with Crippen molar-refractivity contribution in [3.8, 4) is 0 Å². The molecule has 13 heavy (non-hydrogen) atoms. The highest BCUT2D eigenvalue weighted by atomic mass is 16.4. The predicted molar refractivity (Wildman–Crippen MR) is 55.8 cm³/mol. The minimum absolute atomic E-state index is 0.370. The Morgan fingerprint density at radius 3 is 2.54 bits per heavy atom. The first-order chi connectivity index (χ1) is 6.24. The van der Waals surface area contributed by atoms with Crippen LogP contribution in [-0.4, -0.2) is 0 Å². The lowest BCUT2D eigenvalue weighted by molar-refractivity contribution is 0.474. The van der Waals surface area contributed by atoms with Gasteiger partial charge in [-0.3, -0.25) is 0 Å². The Morgan fingerprint density at radius 1 is 1.38 bits per heavy atom. The third-order valence-corrected chi connectivity index (χ3v) is 1.22. The number of allylic oxidation sites excluding steroid dienone is 1. The Kier molecular flexibility index (Phi) is 5.28. The lowest BCUT2D eigenvalue weighted by Gasteiger charge is -1.83. The molecular formula is C11H14O2. The van der Waals surface area contributed by atoms with Gasteiger partial charge in [0.15, 0.2) is 0 Å². The summed E-state index contributed by atoms with van der Waals surface area (Å²) in [4.78, 5) is 10.7. The standard InChI is InChI=1S/C9H8O2.C2H6/c1-3-4-8-7(2)5-6-9(10)11-8;1-2/h3-6H,1-2H2;1-2H3/b8-4+;. The second-order valence-corrected chi connectivity index (χ2v) is 2.05. The van der Waals surface area contributed by atoms with Gasteiger partial charge < -0.3 is 4.42 Å². The minimum Gasteiger partial charge on any atom is -0.423 e. The zero-order valence-corrected chi connectivity index (χ0v) is 8.04. The van der Waals surface area contributed by atoms with Crippen molar-refractivity contribution in [3.63, 3.8) is 0 Å². The summed E-state index contributed by atoms with van der Waals surface area (Å²) in [6.45, 7) is 11.1. The van der Waals surface area contributed by atoms with Gasteiger partial charge in [0.05, 0.1) is 0 Å². The maximum absolute atomic E-state index is 10.7. The van der Waals surface area contributed by atoms with Gasteiger partial charge in [-0.15, -0.1) is 0 Å². The lowest BCUT2D eigenvalue weighted by Crippen LogP contribution is -2.26. The van der Waals surface area contributed by atoms with E-state index in [0.29, 0.717) is 10.6 Å². The first-order valence-electron chi connectivity index (χ1n) is 4.16. The van der Waals surface area contributed by atoms with Crippen LogP contribution in [0.1, 0.15) is 13.8 Å². The molecule has 70 valence electrons. The Bertz CT molecular complexity index is 412. The summed E-state index contributed by atoms with van der Waals surface area (Å²) in [6.07, 6.45) is 3.15. The van der Waals surface area contributed by atoms with Gasteiger partial charge in [0.1, 0.15) is 5.42 Å². The predicted octanol–water partition coefficient (Wildman–Crippen LogP) is 1.04. The van der Waals surface area contributed by atoms with Gasteiger partial charge in [0.2, 0.25) is 0 Å². The Balaban J connectivity index is 0.000000671. The van der Waals surface area contributed by atoms with Crippen molar-refractivity contribution in [1.82, 2.24) is 0 Å². The van der Waals surface area contributed by atoms with E-state index in [1.54, 1.807) is 18.2 Å². The molecule has 0 unspecified atom stereocenters. The molecule has 2 nitrogen and oxygen atoms in total. The Labute approximate surface area is 77.5 Å². The van der Waals surface area contributed by atoms with Crippen molar-refractivity contribution >= 4 is 12.7 Å². The molecule has 0 spiro atoms. The van der Waals surface area contributed by atoms with Gasteiger partial charge in [-0.2, -0.15) is 0 Å². The topological polar surface area (TPSA) is 30.2 Å². The second-order valence-electron chi connectivity index (χ2n) is 2.05. The van der Waals surface area contributed by atoms with E-state index in [1.807, 2.05) is 13.8 Å². The monoisotopic (exact) mass is 178 g/mol. The van der Waals surface area contributed by atoms with Crippen LogP contribution in [0.4, 0.5) is 0 Å². The van der Waals surface area contributed by atoms with Crippen molar-refractivity contribution in [1.29, 1.82) is 0 Å². The zero-order valence-electron chi connectivity index (χ0n) is 8.04. The maximum atomic E-state index is 10.7. The van der Waals surface area contributed by atoms with Crippen LogP contribution >= 0.6 is 0 Å². The van der Waals surface area contributed by atoms with Crippen LogP contribution in [0.2, 0.25) is 0 Å². The van der Waals surface area contributed by atoms with E-state index in [9.17, 15) is 4.79 Å². The molecule has 2 heteroatoms. The highest BCUT2D eigenvalue weighted by molar-refractivity contribution is 5.31. The molecule has 0 N–H and O–H groups in total. The van der Waals surface area contributed by atoms with Crippen LogP contribution in [-0.2, 0) is 0 Å². The summed E-state index contributed by atoms with van der Waals surface area (Å²) in [5.41, 5.74) is 0.0954. The molecule has 0 amide bonds. The molecule has 0 fully saturated rings. The van der Waals surface area contributed by atoms with Crippen LogP contribution < -0.4 is 16.3 Å². The van der Waals surface area contributed by atoms with Crippen molar-refractivity contribution < 1.29 is 4.42 Å². The Hall–Kier alpha value is -1.57. The zero-order chi connectivity index (χ0) is 10.3. The van der Waals surface area contributed by atoms with Crippen LogP contribution in [0.3, 0.4) is 0 Å². The quantitative estimate of drug-likeness (QED) is 0.643. The summed E-state index contributed by atoms with van der Waals surface area (Å²) in [5.74, 6) is 0. The van der Waals surface area contributed by atoms with Gasteiger partial charge in [-0.05, 0) is 12.1 Å². The second kappa shape index (κ2) is 6.00. The van der Waals surface area contributed by atoms with E-state index in [0.717, 1.165) is 0 Å². The minimum atomic E-state index is -0.370. The summed E-state index contributed by atoms with van der Waals surface area (Å²) in [6, 6.07) is 2.95. The molecule has 0 saturated heterocycles. The first kappa shape index (κ1) is 11.4. The SMILES string of the molecule is C=C/C=c1/oc(=O)ccc1=C.CC. The maximum Gasteiger partial charge on any atom is 0.336 e. The van der Waals surface area contributed by atoms with Crippen molar-refractivity contribution in [2.45, 2.75) is 13.8 Å². The highest BCUT2D eigenvalue weighted by Crippen LogP contribution is 1.63. The van der Waals surface area contributed by atoms with Crippen LogP contribution in [0.25, 0.3) is 12.7 Å². The van der Waals surface area contributed by atoms with Crippen molar-refractivity contribution in [3.05, 3.63) is 45.8 Å². The van der Waals surface area contributed by atoms with Crippen LogP contribution in [0, 0.1) is 0 Å². The first-order valence-corrected chi connectivity index (χ1v) is 4.16. The normalized spacial score (nSPS) is 10.2. The molecule has 0 aliphatic rings. The summed E-state index contributed by atoms with van der Waals surface area (Å²) in [7, 11) is 0. The molecule has 0 radical (unpaired) electrons. The molecule has 0 aromatic carbocycles. The molecule has 0 aliphatic carbocycles. The van der Waals surface area contributed by atoms with Crippen molar-refractivity contribution in [2.24, 2.45) is 0 Å². The molecule has 0 saturated carbocycles. The van der Waals surface area contributed by atoms with E-state index in [4.69, 9.17) is 4.42 Å². The fraction of sp³-hybridized carbons (Fsp3) is 0.182. The number of rotatable bonds is 1. The molecule has 0 bridgehead atoms.